The summed E-state index contributed by atoms with van der Waals surface area (Å²) in [7, 11) is 2.89. The van der Waals surface area contributed by atoms with Gasteiger partial charge in [0.05, 0.1) is 6.10 Å². The number of carbonyl (C=O) groups excluding carboxylic acids is 1. The van der Waals surface area contributed by atoms with Crippen LogP contribution in [0.15, 0.2) is 18.2 Å². The van der Waals surface area contributed by atoms with E-state index in [-0.39, 0.29) is 24.0 Å². The Labute approximate surface area is 291 Å². The quantitative estimate of drug-likeness (QED) is 0.0590. The summed E-state index contributed by atoms with van der Waals surface area (Å²) >= 11 is 4.14. The van der Waals surface area contributed by atoms with E-state index < -0.39 is 18.1 Å². The van der Waals surface area contributed by atoms with Gasteiger partial charge in [0.25, 0.3) is 0 Å². The fourth-order valence-corrected chi connectivity index (χ4v) is 8.11. The van der Waals surface area contributed by atoms with E-state index in [2.05, 4.69) is 49.1 Å². The van der Waals surface area contributed by atoms with Gasteiger partial charge in [-0.2, -0.15) is 0 Å². The van der Waals surface area contributed by atoms with Crippen molar-refractivity contribution < 1.29 is 34.4 Å². The van der Waals surface area contributed by atoms with Crippen molar-refractivity contribution >= 4 is 40.4 Å². The lowest BCUT2D eigenvalue weighted by molar-refractivity contribution is -0.139. The second-order valence-corrected chi connectivity index (χ2v) is 15.3. The highest BCUT2D eigenvalue weighted by atomic mass is 33.1. The molecule has 1 aromatic rings. The molecule has 0 bridgehead atoms. The molecule has 2 amide bonds. The van der Waals surface area contributed by atoms with Crippen molar-refractivity contribution in [3.05, 3.63) is 29.3 Å². The zero-order chi connectivity index (χ0) is 35.0. The number of carboxylic acid groups (broad SMARTS) is 2. The van der Waals surface area contributed by atoms with Gasteiger partial charge in [-0.05, 0) is 92.2 Å². The molecular weight excluding hydrogens is 639 g/mol. The number of nitrogens with zero attached hydrogens (tertiary/aromatic N) is 1. The minimum absolute atomic E-state index is 0.137. The summed E-state index contributed by atoms with van der Waals surface area (Å²) in [5.74, 6) is 2.57. The molecule has 0 heterocycles. The number of hydrogen-bond acceptors (Lipinski definition) is 8. The number of rotatable bonds is 19. The number of benzene rings is 1. The number of unbranched alkanes of at least 4 members (excludes halogenated alkanes) is 2. The fourth-order valence-electron chi connectivity index (χ4n) is 6.61. The van der Waals surface area contributed by atoms with Crippen molar-refractivity contribution in [1.29, 1.82) is 0 Å². The van der Waals surface area contributed by atoms with Crippen LogP contribution in [-0.2, 0) is 22.4 Å². The van der Waals surface area contributed by atoms with Crippen LogP contribution in [0.3, 0.4) is 0 Å². The van der Waals surface area contributed by atoms with Gasteiger partial charge < -0.3 is 30.7 Å². The van der Waals surface area contributed by atoms with Crippen LogP contribution in [-0.4, -0.2) is 89.4 Å². The molecule has 10 nitrogen and oxygen atoms in total. The average molecular weight is 698 g/mol. The van der Waals surface area contributed by atoms with Crippen LogP contribution < -0.4 is 15.4 Å². The maximum atomic E-state index is 11.7. The minimum atomic E-state index is -1.11. The lowest BCUT2D eigenvalue weighted by Crippen LogP contribution is -2.47. The van der Waals surface area contributed by atoms with Crippen molar-refractivity contribution in [2.75, 3.05) is 39.0 Å². The zero-order valence-electron chi connectivity index (χ0n) is 29.0. The van der Waals surface area contributed by atoms with E-state index in [4.69, 9.17) is 14.9 Å². The Balaban J connectivity index is 0.000000345. The van der Waals surface area contributed by atoms with Gasteiger partial charge in [-0.15, -0.1) is 11.7 Å². The van der Waals surface area contributed by atoms with E-state index in [0.717, 1.165) is 61.5 Å². The number of aliphatic hydroxyl groups is 1. The van der Waals surface area contributed by atoms with E-state index in [1.54, 1.807) is 6.92 Å². The molecule has 47 heavy (non-hydrogen) atoms. The number of fused-ring (bicyclic) bond motifs is 2. The lowest BCUT2D eigenvalue weighted by atomic mass is 9.73. The molecule has 0 aromatic heterocycles. The SMILES string of the molecule is CCCCCC(O)CC[C@H]1CCC2Cc3c(cccc3OCC(=O)O)C[C@@H]21.C[C@H](C(=O)NCCNCC(C)(C)CSS)N(C)C(=O)O. The Kier molecular flexibility index (Phi) is 18.4. The van der Waals surface area contributed by atoms with Gasteiger partial charge >= 0.3 is 12.1 Å². The molecule has 0 radical (unpaired) electrons. The van der Waals surface area contributed by atoms with Crippen molar-refractivity contribution in [2.24, 2.45) is 23.2 Å². The summed E-state index contributed by atoms with van der Waals surface area (Å²) in [5.41, 5.74) is 2.70. The third kappa shape index (κ3) is 14.5. The summed E-state index contributed by atoms with van der Waals surface area (Å²) in [6, 6.07) is 5.37. The number of aliphatic carboxylic acids is 1. The lowest BCUT2D eigenvalue weighted by Gasteiger charge is -2.32. The van der Waals surface area contributed by atoms with Gasteiger partial charge in [0.2, 0.25) is 5.91 Å². The number of amides is 2. The Hall–Kier alpha value is -2.15. The smallest absolute Gasteiger partial charge is 0.407 e. The Bertz CT molecular complexity index is 1120. The number of carbonyl (C=O) groups is 3. The van der Waals surface area contributed by atoms with Gasteiger partial charge in [0, 0.05) is 32.4 Å². The van der Waals surface area contributed by atoms with Gasteiger partial charge in [-0.3, -0.25) is 9.69 Å². The predicted molar refractivity (Wildman–Crippen MR) is 192 cm³/mol. The third-order valence-corrected chi connectivity index (χ3v) is 10.9. The number of aliphatic hydroxyl groups excluding tert-OH is 1. The molecule has 2 unspecified atom stereocenters. The number of nitrogens with one attached hydrogen (secondary N) is 2. The maximum absolute atomic E-state index is 11.7. The van der Waals surface area contributed by atoms with Crippen molar-refractivity contribution in [1.82, 2.24) is 15.5 Å². The molecule has 0 aliphatic heterocycles. The number of carboxylic acids is 1. The number of thiol groups is 1. The standard InChI is InChI=1S/C23H34O4.C12H25N3O3S2/c1-2-3-4-7-19(24)12-11-16-9-10-18-14-21-17(13-20(16)18)6-5-8-22(21)27-15-23(25)26;1-9(15(4)11(17)18)10(16)14-6-5-13-7-12(2,3)8-20-19/h5-6,8,16,18-20,24H,2-4,7,9-15H2,1H3,(H,25,26);9,13,19H,5-8H2,1-4H3,(H,14,16)(H,17,18)/t16-,18?,19?,20-;9-/m11/s1. The van der Waals surface area contributed by atoms with Crippen LogP contribution >= 0.6 is 22.5 Å². The number of hydrogen-bond donors (Lipinski definition) is 6. The van der Waals surface area contributed by atoms with Gasteiger partial charge in [-0.1, -0.05) is 63.0 Å². The molecule has 5 atom stereocenters. The average Bonchev–Trinajstić information content (AvgIpc) is 3.42. The molecular formula is C35H59N3O7S2. The molecule has 12 heteroatoms. The van der Waals surface area contributed by atoms with E-state index >= 15 is 0 Å². The molecule has 1 aromatic carbocycles. The largest absolute Gasteiger partial charge is 0.482 e. The predicted octanol–water partition coefficient (Wildman–Crippen LogP) is 5.91. The molecule has 0 spiro atoms. The van der Waals surface area contributed by atoms with Crippen LogP contribution in [0.5, 0.6) is 5.75 Å². The third-order valence-electron chi connectivity index (χ3n) is 9.56. The second-order valence-electron chi connectivity index (χ2n) is 13.9. The molecule has 268 valence electrons. The van der Waals surface area contributed by atoms with Gasteiger partial charge in [0.1, 0.15) is 11.8 Å². The molecule has 5 N–H and O–H groups in total. The molecule has 2 aliphatic carbocycles. The monoisotopic (exact) mass is 697 g/mol. The van der Waals surface area contributed by atoms with Crippen LogP contribution in [0.4, 0.5) is 4.79 Å². The van der Waals surface area contributed by atoms with Crippen LogP contribution in [0.2, 0.25) is 0 Å². The molecule has 0 saturated heterocycles. The summed E-state index contributed by atoms with van der Waals surface area (Å²) in [6.07, 6.45) is 9.91. The first kappa shape index (κ1) is 41.0. The van der Waals surface area contributed by atoms with Crippen LogP contribution in [0, 0.1) is 23.2 Å². The van der Waals surface area contributed by atoms with E-state index in [1.165, 1.54) is 54.7 Å². The zero-order valence-corrected chi connectivity index (χ0v) is 30.7. The first-order valence-corrected chi connectivity index (χ1v) is 19.2. The number of ether oxygens (including phenoxy) is 1. The number of likely N-dealkylation sites (N-methyl/N-ethyl adjacent to an activating group) is 1. The highest BCUT2D eigenvalue weighted by Crippen LogP contribution is 2.48. The first-order valence-electron chi connectivity index (χ1n) is 17.1. The molecule has 1 saturated carbocycles. The van der Waals surface area contributed by atoms with Crippen molar-refractivity contribution in [2.45, 2.75) is 104 Å². The first-order chi connectivity index (χ1) is 22.3. The maximum Gasteiger partial charge on any atom is 0.407 e. The summed E-state index contributed by atoms with van der Waals surface area (Å²) in [5, 5.41) is 33.9. The summed E-state index contributed by atoms with van der Waals surface area (Å²) in [6.45, 7) is 9.73. The van der Waals surface area contributed by atoms with Crippen molar-refractivity contribution in [3.63, 3.8) is 0 Å². The second kappa shape index (κ2) is 21.0. The minimum Gasteiger partial charge on any atom is -0.482 e. The highest BCUT2D eigenvalue weighted by molar-refractivity contribution is 8.68. The Morgan fingerprint density at radius 3 is 2.53 bits per heavy atom. The van der Waals surface area contributed by atoms with Gasteiger partial charge in [0.15, 0.2) is 6.61 Å². The topological polar surface area (TPSA) is 148 Å². The highest BCUT2D eigenvalue weighted by Gasteiger charge is 2.39. The molecule has 1 fully saturated rings. The normalized spacial score (nSPS) is 19.8. The summed E-state index contributed by atoms with van der Waals surface area (Å²) in [4.78, 5) is 34.2. The summed E-state index contributed by atoms with van der Waals surface area (Å²) < 4.78 is 5.53. The van der Waals surface area contributed by atoms with Crippen LogP contribution in [0.25, 0.3) is 0 Å². The van der Waals surface area contributed by atoms with E-state index in [9.17, 15) is 19.5 Å². The van der Waals surface area contributed by atoms with Gasteiger partial charge in [-0.25, -0.2) is 9.59 Å². The Morgan fingerprint density at radius 1 is 1.13 bits per heavy atom. The molecule has 2 aliphatic rings. The fraction of sp³-hybridized carbons (Fsp3) is 0.743. The van der Waals surface area contributed by atoms with Crippen molar-refractivity contribution in [3.8, 4) is 5.75 Å². The van der Waals surface area contributed by atoms with E-state index in [0.29, 0.717) is 30.8 Å². The van der Waals surface area contributed by atoms with Crippen LogP contribution in [0.1, 0.15) is 90.2 Å². The molecule has 3 rings (SSSR count). The Morgan fingerprint density at radius 2 is 1.87 bits per heavy atom. The van der Waals surface area contributed by atoms with E-state index in [1.807, 2.05) is 12.1 Å².